The van der Waals surface area contributed by atoms with Crippen LogP contribution in [0.25, 0.3) is 0 Å². The van der Waals surface area contributed by atoms with E-state index in [1.165, 1.54) is 18.5 Å². The minimum Gasteiger partial charge on any atom is -0.242 e. The standard InChI is InChI=1S/C13H12F3N3O2S/c1-9-6-10(18-8-17-9)7-19-22(20,21)12-5-3-2-4-11(12)13(14,15)16/h2-6,8,19H,7H2,1H3. The molecule has 0 aliphatic rings. The first-order chi connectivity index (χ1) is 10.2. The lowest BCUT2D eigenvalue weighted by Gasteiger charge is -2.13. The van der Waals surface area contributed by atoms with Crippen molar-refractivity contribution in [3.63, 3.8) is 0 Å². The molecule has 0 unspecified atom stereocenters. The number of rotatable bonds is 4. The molecule has 1 aromatic heterocycles. The molecule has 2 aromatic rings. The highest BCUT2D eigenvalue weighted by molar-refractivity contribution is 7.89. The second-order valence-corrected chi connectivity index (χ2v) is 6.20. The normalized spacial score (nSPS) is 12.4. The molecule has 2 rings (SSSR count). The molecule has 9 heteroatoms. The van der Waals surface area contributed by atoms with Crippen molar-refractivity contribution in [3.8, 4) is 0 Å². The molecule has 0 aliphatic carbocycles. The molecule has 0 fully saturated rings. The van der Waals surface area contributed by atoms with Crippen molar-refractivity contribution >= 4 is 10.0 Å². The van der Waals surface area contributed by atoms with Gasteiger partial charge in [0.05, 0.1) is 22.7 Å². The molecule has 5 nitrogen and oxygen atoms in total. The van der Waals surface area contributed by atoms with Crippen LogP contribution in [0.2, 0.25) is 0 Å². The molecule has 0 spiro atoms. The van der Waals surface area contributed by atoms with Gasteiger partial charge in [0.2, 0.25) is 10.0 Å². The van der Waals surface area contributed by atoms with Gasteiger partial charge in [0.1, 0.15) is 6.33 Å². The molecule has 0 atom stereocenters. The van der Waals surface area contributed by atoms with E-state index in [0.717, 1.165) is 18.2 Å². The van der Waals surface area contributed by atoms with Gasteiger partial charge in [0, 0.05) is 5.69 Å². The summed E-state index contributed by atoms with van der Waals surface area (Å²) < 4.78 is 65.0. The number of hydrogen-bond acceptors (Lipinski definition) is 4. The van der Waals surface area contributed by atoms with E-state index >= 15 is 0 Å². The zero-order chi connectivity index (χ0) is 16.4. The number of benzene rings is 1. The third kappa shape index (κ3) is 3.80. The Kier molecular flexibility index (Phi) is 4.47. The van der Waals surface area contributed by atoms with Crippen LogP contribution in [0.15, 0.2) is 41.6 Å². The number of alkyl halides is 3. The largest absolute Gasteiger partial charge is 0.417 e. The fraction of sp³-hybridized carbons (Fsp3) is 0.231. The van der Waals surface area contributed by atoms with Gasteiger partial charge < -0.3 is 0 Å². The monoisotopic (exact) mass is 331 g/mol. The first-order valence-electron chi connectivity index (χ1n) is 6.13. The zero-order valence-electron chi connectivity index (χ0n) is 11.4. The van der Waals surface area contributed by atoms with Crippen LogP contribution < -0.4 is 4.72 Å². The molecule has 22 heavy (non-hydrogen) atoms. The fourth-order valence-electron chi connectivity index (χ4n) is 1.79. The van der Waals surface area contributed by atoms with Crippen molar-refractivity contribution in [1.82, 2.24) is 14.7 Å². The number of halogens is 3. The van der Waals surface area contributed by atoms with Crippen molar-refractivity contribution in [2.45, 2.75) is 24.5 Å². The molecule has 0 bridgehead atoms. The molecule has 0 saturated heterocycles. The average molecular weight is 331 g/mol. The predicted octanol–water partition coefficient (Wildman–Crippen LogP) is 2.28. The van der Waals surface area contributed by atoms with Crippen molar-refractivity contribution in [2.75, 3.05) is 0 Å². The molecule has 1 aromatic carbocycles. The third-order valence-electron chi connectivity index (χ3n) is 2.79. The lowest BCUT2D eigenvalue weighted by Crippen LogP contribution is -2.26. The highest BCUT2D eigenvalue weighted by Crippen LogP contribution is 2.33. The van der Waals surface area contributed by atoms with Gasteiger partial charge in [0.25, 0.3) is 0 Å². The Morgan fingerprint density at radius 1 is 1.18 bits per heavy atom. The van der Waals surface area contributed by atoms with Crippen molar-refractivity contribution in [1.29, 1.82) is 0 Å². The maximum Gasteiger partial charge on any atom is 0.417 e. The summed E-state index contributed by atoms with van der Waals surface area (Å²) >= 11 is 0. The summed E-state index contributed by atoms with van der Waals surface area (Å²) in [6, 6.07) is 5.55. The van der Waals surface area contributed by atoms with Crippen molar-refractivity contribution in [3.05, 3.63) is 53.6 Å². The number of sulfonamides is 1. The van der Waals surface area contributed by atoms with Crippen LogP contribution in [0.1, 0.15) is 17.0 Å². The Bertz CT molecular complexity index is 776. The van der Waals surface area contributed by atoms with Gasteiger partial charge in [-0.25, -0.2) is 23.1 Å². The number of aryl methyl sites for hydroxylation is 1. The number of nitrogens with one attached hydrogen (secondary N) is 1. The maximum absolute atomic E-state index is 12.9. The van der Waals surface area contributed by atoms with E-state index < -0.39 is 26.7 Å². The van der Waals surface area contributed by atoms with E-state index in [1.807, 2.05) is 0 Å². The van der Waals surface area contributed by atoms with E-state index in [1.54, 1.807) is 6.92 Å². The molecule has 0 radical (unpaired) electrons. The summed E-state index contributed by atoms with van der Waals surface area (Å²) in [5, 5.41) is 0. The highest BCUT2D eigenvalue weighted by Gasteiger charge is 2.36. The Balaban J connectivity index is 2.28. The molecular formula is C13H12F3N3O2S. The minimum atomic E-state index is -4.75. The summed E-state index contributed by atoms with van der Waals surface area (Å²) in [7, 11) is -4.32. The van der Waals surface area contributed by atoms with Crippen LogP contribution in [0.4, 0.5) is 13.2 Å². The molecule has 0 saturated carbocycles. The summed E-state index contributed by atoms with van der Waals surface area (Å²) in [5.41, 5.74) is -0.221. The van der Waals surface area contributed by atoms with Crippen molar-refractivity contribution in [2.24, 2.45) is 0 Å². The first-order valence-corrected chi connectivity index (χ1v) is 7.62. The Labute approximate surface area is 125 Å². The number of hydrogen-bond donors (Lipinski definition) is 1. The highest BCUT2D eigenvalue weighted by atomic mass is 32.2. The maximum atomic E-state index is 12.9. The summed E-state index contributed by atoms with van der Waals surface area (Å²) in [6.45, 7) is 1.47. The fourth-order valence-corrected chi connectivity index (χ4v) is 3.01. The Morgan fingerprint density at radius 2 is 1.86 bits per heavy atom. The van der Waals surface area contributed by atoms with Gasteiger partial charge in [-0.2, -0.15) is 13.2 Å². The second kappa shape index (κ2) is 6.01. The second-order valence-electron chi connectivity index (χ2n) is 4.47. The third-order valence-corrected chi connectivity index (χ3v) is 4.25. The van der Waals surface area contributed by atoms with Crippen LogP contribution in [0.3, 0.4) is 0 Å². The van der Waals surface area contributed by atoms with Crippen LogP contribution in [0.5, 0.6) is 0 Å². The van der Waals surface area contributed by atoms with Gasteiger partial charge >= 0.3 is 6.18 Å². The molecule has 1 heterocycles. The van der Waals surface area contributed by atoms with E-state index in [0.29, 0.717) is 11.4 Å². The van der Waals surface area contributed by atoms with Crippen LogP contribution in [-0.4, -0.2) is 18.4 Å². The molecule has 0 aliphatic heterocycles. The smallest absolute Gasteiger partial charge is 0.242 e. The van der Waals surface area contributed by atoms with E-state index in [-0.39, 0.29) is 6.54 Å². The zero-order valence-corrected chi connectivity index (χ0v) is 12.2. The summed E-state index contributed by atoms with van der Waals surface area (Å²) in [6.07, 6.45) is -3.50. The van der Waals surface area contributed by atoms with Crippen LogP contribution in [-0.2, 0) is 22.7 Å². The van der Waals surface area contributed by atoms with Crippen molar-refractivity contribution < 1.29 is 21.6 Å². The van der Waals surface area contributed by atoms with Gasteiger partial charge in [-0.05, 0) is 25.1 Å². The van der Waals surface area contributed by atoms with Gasteiger partial charge in [-0.3, -0.25) is 0 Å². The Morgan fingerprint density at radius 3 is 2.50 bits per heavy atom. The topological polar surface area (TPSA) is 72.0 Å². The summed E-state index contributed by atoms with van der Waals surface area (Å²) in [5.74, 6) is 0. The molecule has 118 valence electrons. The lowest BCUT2D eigenvalue weighted by molar-refractivity contribution is -0.139. The SMILES string of the molecule is Cc1cc(CNS(=O)(=O)c2ccccc2C(F)(F)F)ncn1. The quantitative estimate of drug-likeness (QED) is 0.933. The molecule has 1 N–H and O–H groups in total. The summed E-state index contributed by atoms with van der Waals surface area (Å²) in [4.78, 5) is 6.89. The van der Waals surface area contributed by atoms with Gasteiger partial charge in [-0.15, -0.1) is 0 Å². The predicted molar refractivity (Wildman–Crippen MR) is 72.2 cm³/mol. The van der Waals surface area contributed by atoms with E-state index in [9.17, 15) is 21.6 Å². The van der Waals surface area contributed by atoms with E-state index in [4.69, 9.17) is 0 Å². The first kappa shape index (κ1) is 16.4. The average Bonchev–Trinajstić information content (AvgIpc) is 2.45. The molecular weight excluding hydrogens is 319 g/mol. The minimum absolute atomic E-state index is 0.224. The van der Waals surface area contributed by atoms with Crippen LogP contribution >= 0.6 is 0 Å². The number of aromatic nitrogens is 2. The van der Waals surface area contributed by atoms with E-state index in [2.05, 4.69) is 14.7 Å². The lowest BCUT2D eigenvalue weighted by atomic mass is 10.2. The Hall–Kier alpha value is -2.00. The molecule has 0 amide bonds. The number of nitrogens with zero attached hydrogens (tertiary/aromatic N) is 2. The van der Waals surface area contributed by atoms with Gasteiger partial charge in [-0.1, -0.05) is 12.1 Å². The van der Waals surface area contributed by atoms with Gasteiger partial charge in [0.15, 0.2) is 0 Å². The van der Waals surface area contributed by atoms with Crippen LogP contribution in [0, 0.1) is 6.92 Å².